The Morgan fingerprint density at radius 3 is 2.05 bits per heavy atom. The van der Waals surface area contributed by atoms with Gasteiger partial charge in [0, 0.05) is 31.8 Å². The molecule has 0 spiro atoms. The van der Waals surface area contributed by atoms with Gasteiger partial charge in [-0.1, -0.05) is 72.8 Å². The molecule has 5 aromatic rings. The van der Waals surface area contributed by atoms with Crippen LogP contribution < -0.4 is 10.1 Å². The molecule has 0 radical (unpaired) electrons. The molecule has 6 nitrogen and oxygen atoms in total. The number of ether oxygens (including phenoxy) is 2. The Kier molecular flexibility index (Phi) is 12.8. The third-order valence-corrected chi connectivity index (χ3v) is 8.17. The fourth-order valence-electron chi connectivity index (χ4n) is 4.80. The molecule has 0 saturated carbocycles. The topological polar surface area (TPSA) is 72.7 Å². The fraction of sp³-hybridized carbons (Fsp3) is 0.270. The second-order valence-corrected chi connectivity index (χ2v) is 11.5. The molecule has 0 fully saturated rings. The highest BCUT2D eigenvalue weighted by Gasteiger charge is 2.18. The minimum absolute atomic E-state index is 0.343. The van der Waals surface area contributed by atoms with Crippen molar-refractivity contribution in [1.82, 2.24) is 9.88 Å². The lowest BCUT2D eigenvalue weighted by atomic mass is 10.1. The quantitative estimate of drug-likeness (QED) is 0.134. The fourth-order valence-corrected chi connectivity index (χ4v) is 5.73. The van der Waals surface area contributed by atoms with Crippen LogP contribution in [-0.4, -0.2) is 35.0 Å². The molecule has 0 saturated heterocycles. The molecule has 5 rings (SSSR count). The zero-order chi connectivity index (χ0) is 31.1. The summed E-state index contributed by atoms with van der Waals surface area (Å²) < 4.78 is 13.5. The van der Waals surface area contributed by atoms with E-state index in [2.05, 4.69) is 95.8 Å². The summed E-state index contributed by atoms with van der Waals surface area (Å²) in [7, 11) is 0. The third kappa shape index (κ3) is 10.2. The molecule has 0 unspecified atom stereocenters. The van der Waals surface area contributed by atoms with Gasteiger partial charge in [0.2, 0.25) is 0 Å². The highest BCUT2D eigenvalue weighted by atomic mass is 32.1. The maximum atomic E-state index is 11.2. The molecule has 1 atom stereocenters. The number of carboxylic acid groups (broad SMARTS) is 1. The van der Waals surface area contributed by atoms with Gasteiger partial charge in [0.05, 0.1) is 17.1 Å². The average molecular weight is 611 g/mol. The van der Waals surface area contributed by atoms with Crippen molar-refractivity contribution in [2.24, 2.45) is 0 Å². The lowest BCUT2D eigenvalue weighted by molar-refractivity contribution is -0.149. The van der Waals surface area contributed by atoms with Crippen molar-refractivity contribution in [2.75, 3.05) is 13.2 Å². The molecule has 0 bridgehead atoms. The summed E-state index contributed by atoms with van der Waals surface area (Å²) in [6.07, 6.45) is -0.474. The molecule has 44 heavy (non-hydrogen) atoms. The van der Waals surface area contributed by atoms with Gasteiger partial charge in [-0.15, -0.1) is 11.3 Å². The molecule has 0 amide bonds. The van der Waals surface area contributed by atoms with E-state index in [4.69, 9.17) is 9.47 Å². The zero-order valence-corrected chi connectivity index (χ0v) is 26.6. The van der Waals surface area contributed by atoms with Crippen LogP contribution in [0.3, 0.4) is 0 Å². The van der Waals surface area contributed by atoms with Crippen LogP contribution in [0.15, 0.2) is 109 Å². The van der Waals surface area contributed by atoms with E-state index in [-0.39, 0.29) is 0 Å². The first-order valence-corrected chi connectivity index (χ1v) is 15.9. The number of aromatic nitrogens is 1. The van der Waals surface area contributed by atoms with Gasteiger partial charge in [-0.05, 0) is 78.7 Å². The van der Waals surface area contributed by atoms with E-state index < -0.39 is 12.1 Å². The number of hydrogen-bond donors (Lipinski definition) is 2. The van der Waals surface area contributed by atoms with Crippen molar-refractivity contribution in [3.05, 3.63) is 136 Å². The minimum Gasteiger partial charge on any atom is -0.492 e. The van der Waals surface area contributed by atoms with Gasteiger partial charge in [-0.3, -0.25) is 0 Å². The van der Waals surface area contributed by atoms with Crippen molar-refractivity contribution in [1.29, 1.82) is 0 Å². The summed E-state index contributed by atoms with van der Waals surface area (Å²) in [5.74, 6) is -0.165. The van der Waals surface area contributed by atoms with Crippen LogP contribution in [0.25, 0.3) is 10.6 Å². The predicted molar refractivity (Wildman–Crippen MR) is 179 cm³/mol. The molecule has 7 heteroatoms. The molecule has 0 aliphatic heterocycles. The molecule has 230 valence electrons. The van der Waals surface area contributed by atoms with Gasteiger partial charge < -0.3 is 24.5 Å². The highest BCUT2D eigenvalue weighted by molar-refractivity contribution is 7.13. The summed E-state index contributed by atoms with van der Waals surface area (Å²) in [4.78, 5) is 12.5. The average Bonchev–Trinajstić information content (AvgIpc) is 3.63. The lowest BCUT2D eigenvalue weighted by Gasteiger charge is -2.14. The van der Waals surface area contributed by atoms with Crippen LogP contribution in [-0.2, 0) is 35.6 Å². The van der Waals surface area contributed by atoms with Crippen LogP contribution in [0.5, 0.6) is 5.75 Å². The Labute approximate surface area is 264 Å². The number of carboxylic acids is 1. The van der Waals surface area contributed by atoms with Gasteiger partial charge in [0.25, 0.3) is 0 Å². The molecule has 3 aromatic carbocycles. The van der Waals surface area contributed by atoms with E-state index in [1.54, 1.807) is 18.3 Å². The van der Waals surface area contributed by atoms with Crippen LogP contribution in [0.2, 0.25) is 0 Å². The monoisotopic (exact) mass is 610 g/mol. The number of rotatable bonds is 14. The SMILES string of the molecule is CCO[C@@H](Cc1ccc(OCCn2c(C)ccc2-c2cc(C)cs2)cc1)C(=O)O.c1ccc(CNCc2ccccc2)cc1. The number of thiophene rings is 1. The summed E-state index contributed by atoms with van der Waals surface area (Å²) in [5, 5.41) is 14.8. The summed E-state index contributed by atoms with van der Waals surface area (Å²) in [5.41, 5.74) is 7.27. The second kappa shape index (κ2) is 17.2. The van der Waals surface area contributed by atoms with Gasteiger partial charge in [0.1, 0.15) is 12.4 Å². The molecule has 2 heterocycles. The number of benzene rings is 3. The summed E-state index contributed by atoms with van der Waals surface area (Å²) in [6, 6.07) is 35.0. The van der Waals surface area contributed by atoms with Crippen molar-refractivity contribution in [3.63, 3.8) is 0 Å². The molecular formula is C37H42N2O4S. The Hall–Kier alpha value is -4.17. The van der Waals surface area contributed by atoms with Gasteiger partial charge in [0.15, 0.2) is 6.10 Å². The van der Waals surface area contributed by atoms with Crippen LogP contribution in [0.1, 0.15) is 34.9 Å². The Morgan fingerprint density at radius 2 is 1.50 bits per heavy atom. The first kappa shape index (κ1) is 32.7. The number of nitrogens with zero attached hydrogens (tertiary/aromatic N) is 1. The van der Waals surface area contributed by atoms with E-state index in [1.165, 1.54) is 33.0 Å². The van der Waals surface area contributed by atoms with Crippen molar-refractivity contribution < 1.29 is 19.4 Å². The van der Waals surface area contributed by atoms with E-state index in [1.807, 2.05) is 36.4 Å². The highest BCUT2D eigenvalue weighted by Crippen LogP contribution is 2.29. The molecule has 0 aliphatic rings. The summed E-state index contributed by atoms with van der Waals surface area (Å²) in [6.45, 7) is 9.57. The second-order valence-electron chi connectivity index (χ2n) is 10.6. The Bertz CT molecular complexity index is 1510. The first-order chi connectivity index (χ1) is 21.4. The van der Waals surface area contributed by atoms with Gasteiger partial charge in [-0.2, -0.15) is 0 Å². The molecule has 2 N–H and O–H groups in total. The van der Waals surface area contributed by atoms with Crippen molar-refractivity contribution >= 4 is 17.3 Å². The maximum absolute atomic E-state index is 11.2. The van der Waals surface area contributed by atoms with E-state index >= 15 is 0 Å². The van der Waals surface area contributed by atoms with Crippen LogP contribution in [0.4, 0.5) is 0 Å². The molecule has 2 aromatic heterocycles. The van der Waals surface area contributed by atoms with Crippen molar-refractivity contribution in [3.8, 4) is 16.3 Å². The number of hydrogen-bond acceptors (Lipinski definition) is 5. The van der Waals surface area contributed by atoms with Crippen molar-refractivity contribution in [2.45, 2.75) is 52.9 Å². The third-order valence-electron chi connectivity index (χ3n) is 7.10. The number of aryl methyl sites for hydroxylation is 2. The lowest BCUT2D eigenvalue weighted by Crippen LogP contribution is -2.26. The number of nitrogens with one attached hydrogen (secondary N) is 1. The normalized spacial score (nSPS) is 11.4. The molecule has 0 aliphatic carbocycles. The van der Waals surface area contributed by atoms with E-state index in [0.29, 0.717) is 19.6 Å². The maximum Gasteiger partial charge on any atom is 0.333 e. The summed E-state index contributed by atoms with van der Waals surface area (Å²) >= 11 is 1.76. The van der Waals surface area contributed by atoms with E-state index in [9.17, 15) is 9.90 Å². The first-order valence-electron chi connectivity index (χ1n) is 15.0. The smallest absolute Gasteiger partial charge is 0.333 e. The van der Waals surface area contributed by atoms with Crippen LogP contribution >= 0.6 is 11.3 Å². The van der Waals surface area contributed by atoms with Crippen LogP contribution in [0, 0.1) is 13.8 Å². The number of aliphatic carboxylic acids is 1. The van der Waals surface area contributed by atoms with Gasteiger partial charge >= 0.3 is 5.97 Å². The largest absolute Gasteiger partial charge is 0.492 e. The molecular weight excluding hydrogens is 568 g/mol. The standard InChI is InChI=1S/C23H27NO4S.C14H15N/c1-4-27-21(23(25)26)14-18-6-8-19(9-7-18)28-12-11-24-17(3)5-10-20(24)22-13-16(2)15-29-22;1-3-7-13(8-4-1)11-15-12-14-9-5-2-6-10-14/h5-10,13,15,21H,4,11-12,14H2,1-3H3,(H,25,26);1-10,15H,11-12H2/t21-;/m0./s1. The van der Waals surface area contributed by atoms with Gasteiger partial charge in [-0.25, -0.2) is 4.79 Å². The zero-order valence-electron chi connectivity index (χ0n) is 25.7. The minimum atomic E-state index is -0.939. The predicted octanol–water partition coefficient (Wildman–Crippen LogP) is 7.92. The Balaban J connectivity index is 0.000000246. The Morgan fingerprint density at radius 1 is 0.864 bits per heavy atom. The number of carbonyl (C=O) groups is 1. The van der Waals surface area contributed by atoms with E-state index in [0.717, 1.165) is 30.9 Å².